The Hall–Kier alpha value is -2.49. The number of fused-ring (bicyclic) bond motifs is 1. The van der Waals surface area contributed by atoms with Gasteiger partial charge in [-0.15, -0.1) is 11.8 Å². The fourth-order valence-corrected chi connectivity index (χ4v) is 5.06. The Bertz CT molecular complexity index is 1080. The number of aromatic nitrogens is 2. The van der Waals surface area contributed by atoms with E-state index in [0.717, 1.165) is 40.9 Å². The number of carbonyl (C=O) groups excluding carboxylic acids is 1. The van der Waals surface area contributed by atoms with Gasteiger partial charge in [-0.3, -0.25) is 9.78 Å². The summed E-state index contributed by atoms with van der Waals surface area (Å²) in [4.78, 5) is 17.6. The van der Waals surface area contributed by atoms with Crippen LogP contribution < -0.4 is 0 Å². The van der Waals surface area contributed by atoms with Gasteiger partial charge >= 0.3 is 5.97 Å². The van der Waals surface area contributed by atoms with Gasteiger partial charge in [0, 0.05) is 29.0 Å². The molecule has 4 rings (SSSR count). The van der Waals surface area contributed by atoms with Crippen LogP contribution in [0.2, 0.25) is 5.02 Å². The average molecular weight is 398 g/mol. The molecule has 7 heteroatoms. The molecule has 136 valence electrons. The van der Waals surface area contributed by atoms with E-state index in [2.05, 4.69) is 11.1 Å². The first-order chi connectivity index (χ1) is 13.1. The van der Waals surface area contributed by atoms with Crippen molar-refractivity contribution in [1.29, 1.82) is 5.26 Å². The van der Waals surface area contributed by atoms with Crippen LogP contribution in [0.3, 0.4) is 0 Å². The lowest BCUT2D eigenvalue weighted by molar-refractivity contribution is -0.145. The fraction of sp³-hybridized carbons (Fsp3) is 0.250. The first-order valence-electron chi connectivity index (χ1n) is 8.50. The highest BCUT2D eigenvalue weighted by atomic mass is 35.5. The Morgan fingerprint density at radius 3 is 2.89 bits per heavy atom. The molecule has 3 heterocycles. The second-order valence-corrected chi connectivity index (χ2v) is 8.33. The number of hydrogen-bond donors (Lipinski definition) is 0. The Balaban J connectivity index is 1.84. The van der Waals surface area contributed by atoms with Gasteiger partial charge in [0.2, 0.25) is 0 Å². The third-order valence-corrected chi connectivity index (χ3v) is 6.68. The minimum atomic E-state index is -0.537. The van der Waals surface area contributed by atoms with Crippen molar-refractivity contribution in [3.05, 3.63) is 53.4 Å². The van der Waals surface area contributed by atoms with Crippen molar-refractivity contribution in [2.45, 2.75) is 28.9 Å². The number of rotatable bonds is 4. The van der Waals surface area contributed by atoms with Crippen LogP contribution in [0.25, 0.3) is 16.8 Å². The fourth-order valence-electron chi connectivity index (χ4n) is 3.38. The normalized spacial score (nSPS) is 15.1. The van der Waals surface area contributed by atoms with Gasteiger partial charge in [0.05, 0.1) is 28.9 Å². The summed E-state index contributed by atoms with van der Waals surface area (Å²) in [5.74, 6) is -0.185. The third-order valence-electron chi connectivity index (χ3n) is 4.93. The highest BCUT2D eigenvalue weighted by Crippen LogP contribution is 2.50. The molecular weight excluding hydrogens is 382 g/mol. The minimum Gasteiger partial charge on any atom is -0.468 e. The predicted molar refractivity (Wildman–Crippen MR) is 105 cm³/mol. The summed E-state index contributed by atoms with van der Waals surface area (Å²) in [7, 11) is 1.43. The van der Waals surface area contributed by atoms with Crippen molar-refractivity contribution in [2.75, 3.05) is 7.11 Å². The Kier molecular flexibility index (Phi) is 4.58. The van der Waals surface area contributed by atoms with Gasteiger partial charge in [-0.25, -0.2) is 0 Å². The van der Waals surface area contributed by atoms with Crippen molar-refractivity contribution < 1.29 is 9.53 Å². The zero-order chi connectivity index (χ0) is 19.0. The van der Waals surface area contributed by atoms with Gasteiger partial charge in [-0.05, 0) is 43.5 Å². The van der Waals surface area contributed by atoms with Crippen molar-refractivity contribution in [3.63, 3.8) is 0 Å². The number of thioether (sulfide) groups is 1. The molecule has 0 aromatic carbocycles. The van der Waals surface area contributed by atoms with E-state index in [4.69, 9.17) is 16.3 Å². The number of carbonyl (C=O) groups is 1. The maximum absolute atomic E-state index is 12.4. The van der Waals surface area contributed by atoms with Crippen LogP contribution in [0.1, 0.15) is 24.8 Å². The quantitative estimate of drug-likeness (QED) is 0.596. The van der Waals surface area contributed by atoms with Gasteiger partial charge < -0.3 is 9.14 Å². The summed E-state index contributed by atoms with van der Waals surface area (Å²) in [6, 6.07) is 9.54. The molecule has 1 saturated carbocycles. The smallest absolute Gasteiger partial charge is 0.322 e. The molecule has 0 radical (unpaired) electrons. The Morgan fingerprint density at radius 1 is 1.41 bits per heavy atom. The number of methoxy groups -OCH3 is 1. The maximum atomic E-state index is 12.4. The lowest BCUT2D eigenvalue weighted by Crippen LogP contribution is -2.42. The lowest BCUT2D eigenvalue weighted by atomic mass is 9.84. The van der Waals surface area contributed by atoms with Crippen LogP contribution in [-0.2, 0) is 9.53 Å². The monoisotopic (exact) mass is 397 g/mol. The van der Waals surface area contributed by atoms with Gasteiger partial charge in [-0.1, -0.05) is 11.6 Å². The van der Waals surface area contributed by atoms with Crippen LogP contribution in [0.15, 0.2) is 47.8 Å². The molecule has 27 heavy (non-hydrogen) atoms. The zero-order valence-corrected chi connectivity index (χ0v) is 16.2. The van der Waals surface area contributed by atoms with E-state index in [9.17, 15) is 10.1 Å². The van der Waals surface area contributed by atoms with E-state index in [1.54, 1.807) is 30.7 Å². The third kappa shape index (κ3) is 2.97. The maximum Gasteiger partial charge on any atom is 0.322 e. The summed E-state index contributed by atoms with van der Waals surface area (Å²) in [6.45, 7) is 0. The molecule has 0 atom stereocenters. The largest absolute Gasteiger partial charge is 0.468 e. The molecule has 5 nitrogen and oxygen atoms in total. The molecule has 3 aromatic rings. The first-order valence-corrected chi connectivity index (χ1v) is 9.70. The van der Waals surface area contributed by atoms with E-state index < -0.39 is 4.75 Å². The molecule has 1 aliphatic carbocycles. The predicted octanol–water partition coefficient (Wildman–Crippen LogP) is 4.71. The molecule has 0 unspecified atom stereocenters. The lowest BCUT2D eigenvalue weighted by Gasteiger charge is -2.38. The molecule has 0 amide bonds. The molecule has 3 aromatic heterocycles. The van der Waals surface area contributed by atoms with E-state index >= 15 is 0 Å². The summed E-state index contributed by atoms with van der Waals surface area (Å²) >= 11 is 7.73. The van der Waals surface area contributed by atoms with Crippen molar-refractivity contribution in [2.24, 2.45) is 0 Å². The van der Waals surface area contributed by atoms with Crippen LogP contribution in [-0.4, -0.2) is 27.2 Å². The molecule has 1 fully saturated rings. The number of nitrogens with zero attached hydrogens (tertiary/aromatic N) is 3. The van der Waals surface area contributed by atoms with E-state index in [-0.39, 0.29) is 5.97 Å². The van der Waals surface area contributed by atoms with Crippen molar-refractivity contribution >= 4 is 34.8 Å². The number of ether oxygens (including phenoxy) is 1. The summed E-state index contributed by atoms with van der Waals surface area (Å²) in [5, 5.41) is 9.92. The number of halogens is 1. The molecule has 0 bridgehead atoms. The Morgan fingerprint density at radius 2 is 2.22 bits per heavy atom. The Labute approximate surface area is 165 Å². The molecule has 0 N–H and O–H groups in total. The van der Waals surface area contributed by atoms with E-state index in [0.29, 0.717) is 10.6 Å². The van der Waals surface area contributed by atoms with Crippen molar-refractivity contribution in [1.82, 2.24) is 9.38 Å². The summed E-state index contributed by atoms with van der Waals surface area (Å²) < 4.78 is 6.40. The zero-order valence-electron chi connectivity index (χ0n) is 14.6. The SMILES string of the molecule is COC(=O)C1(Sc2ccncc2-c2ccc(C#N)c3cc(Cl)cn23)CCC1. The van der Waals surface area contributed by atoms with Gasteiger partial charge in [0.15, 0.2) is 0 Å². The van der Waals surface area contributed by atoms with Crippen LogP contribution in [0.5, 0.6) is 0 Å². The summed E-state index contributed by atoms with van der Waals surface area (Å²) in [6.07, 6.45) is 7.89. The molecule has 0 saturated heterocycles. The van der Waals surface area contributed by atoms with Crippen LogP contribution >= 0.6 is 23.4 Å². The molecule has 0 aliphatic heterocycles. The van der Waals surface area contributed by atoms with Crippen LogP contribution in [0, 0.1) is 11.3 Å². The topological polar surface area (TPSA) is 67.4 Å². The van der Waals surface area contributed by atoms with E-state index in [1.807, 2.05) is 16.5 Å². The average Bonchev–Trinajstić information content (AvgIpc) is 3.05. The molecular formula is C20H16ClN3O2S. The van der Waals surface area contributed by atoms with Crippen molar-refractivity contribution in [3.8, 4) is 17.3 Å². The van der Waals surface area contributed by atoms with Gasteiger partial charge in [-0.2, -0.15) is 5.26 Å². The highest BCUT2D eigenvalue weighted by Gasteiger charge is 2.46. The standard InChI is InChI=1S/C20H16ClN3O2S/c1-26-19(25)20(6-2-7-20)27-18-5-8-23-11-15(18)16-4-3-13(10-22)17-9-14(21)12-24(16)17/h3-5,8-9,11-12H,2,6-7H2,1H3. The number of nitriles is 1. The second-order valence-electron chi connectivity index (χ2n) is 6.47. The number of esters is 1. The van der Waals surface area contributed by atoms with E-state index in [1.165, 1.54) is 18.9 Å². The minimum absolute atomic E-state index is 0.185. The summed E-state index contributed by atoms with van der Waals surface area (Å²) in [5.41, 5.74) is 3.05. The molecule has 1 aliphatic rings. The first kappa shape index (κ1) is 17.9. The number of pyridine rings is 2. The van der Waals surface area contributed by atoms with Crippen LogP contribution in [0.4, 0.5) is 0 Å². The second kappa shape index (κ2) is 6.91. The van der Waals surface area contributed by atoms with Gasteiger partial charge in [0.25, 0.3) is 0 Å². The van der Waals surface area contributed by atoms with Gasteiger partial charge in [0.1, 0.15) is 10.8 Å². The highest BCUT2D eigenvalue weighted by molar-refractivity contribution is 8.01. The molecule has 0 spiro atoms. The number of hydrogen-bond acceptors (Lipinski definition) is 5.